The van der Waals surface area contributed by atoms with Crippen LogP contribution in [0.15, 0.2) is 59.8 Å². The lowest BCUT2D eigenvalue weighted by atomic mass is 10.1. The van der Waals surface area contributed by atoms with Crippen molar-refractivity contribution < 1.29 is 9.59 Å². The van der Waals surface area contributed by atoms with Crippen LogP contribution in [0, 0.1) is 13.8 Å². The van der Waals surface area contributed by atoms with Gasteiger partial charge in [-0.1, -0.05) is 6.07 Å². The fourth-order valence-electron chi connectivity index (χ4n) is 3.68. The summed E-state index contributed by atoms with van der Waals surface area (Å²) >= 11 is 0. The Hall–Kier alpha value is -3.74. The molecule has 30 heavy (non-hydrogen) atoms. The summed E-state index contributed by atoms with van der Waals surface area (Å²) < 4.78 is 1.40. The number of aromatic nitrogens is 2. The molecule has 1 fully saturated rings. The zero-order valence-corrected chi connectivity index (χ0v) is 16.9. The first-order chi connectivity index (χ1) is 14.5. The summed E-state index contributed by atoms with van der Waals surface area (Å²) in [5, 5.41) is 2.82. The predicted octanol–water partition coefficient (Wildman–Crippen LogP) is 3.23. The second-order valence-electron chi connectivity index (χ2n) is 7.36. The fraction of sp³-hybridized carbons (Fsp3) is 0.217. The first kappa shape index (κ1) is 19.6. The number of carbonyl (C=O) groups excluding carboxylic acids is 2. The summed E-state index contributed by atoms with van der Waals surface area (Å²) in [6.45, 7) is 4.33. The summed E-state index contributed by atoms with van der Waals surface area (Å²) in [6.07, 6.45) is 6.18. The van der Waals surface area contributed by atoms with Crippen LogP contribution in [0.4, 0.5) is 11.4 Å². The van der Waals surface area contributed by atoms with Gasteiger partial charge in [0.2, 0.25) is 5.91 Å². The van der Waals surface area contributed by atoms with Crippen LogP contribution in [0.2, 0.25) is 0 Å². The average molecular weight is 402 g/mol. The third-order valence-electron chi connectivity index (χ3n) is 5.28. The summed E-state index contributed by atoms with van der Waals surface area (Å²) in [4.78, 5) is 43.9. The van der Waals surface area contributed by atoms with Gasteiger partial charge in [0.05, 0.1) is 11.9 Å². The molecule has 0 bridgehead atoms. The van der Waals surface area contributed by atoms with Crippen molar-refractivity contribution in [1.29, 1.82) is 0 Å². The summed E-state index contributed by atoms with van der Waals surface area (Å²) in [5.74, 6) is -0.405. The molecule has 0 radical (unpaired) electrons. The second-order valence-corrected chi connectivity index (χ2v) is 7.36. The van der Waals surface area contributed by atoms with Crippen LogP contribution in [0.3, 0.4) is 0 Å². The molecule has 2 amide bonds. The Morgan fingerprint density at radius 2 is 1.93 bits per heavy atom. The van der Waals surface area contributed by atoms with Crippen molar-refractivity contribution in [2.24, 2.45) is 0 Å². The quantitative estimate of drug-likeness (QED) is 0.726. The molecule has 4 rings (SSSR count). The maximum absolute atomic E-state index is 13.0. The molecule has 0 aliphatic carbocycles. The lowest BCUT2D eigenvalue weighted by molar-refractivity contribution is -0.117. The van der Waals surface area contributed by atoms with E-state index < -0.39 is 11.5 Å². The molecule has 0 spiro atoms. The fourth-order valence-corrected chi connectivity index (χ4v) is 3.68. The van der Waals surface area contributed by atoms with Crippen molar-refractivity contribution in [2.75, 3.05) is 16.8 Å². The van der Waals surface area contributed by atoms with E-state index in [1.807, 2.05) is 13.0 Å². The van der Waals surface area contributed by atoms with Crippen LogP contribution in [-0.2, 0) is 4.79 Å². The Kier molecular flexibility index (Phi) is 5.18. The standard InChI is InChI=1S/C23H22N4O3/c1-15-7-8-17(13-19(15)27-11-4-6-20(27)28)25-22(29)21-16(2)9-12-26(23(21)30)18-5-3-10-24-14-18/h3,5,7-10,12-14H,4,6,11H2,1-2H3,(H,25,29). The highest BCUT2D eigenvalue weighted by atomic mass is 16.2. The minimum atomic E-state index is -0.488. The van der Waals surface area contributed by atoms with Crippen LogP contribution in [0.25, 0.3) is 5.69 Å². The lowest BCUT2D eigenvalue weighted by Crippen LogP contribution is -2.29. The van der Waals surface area contributed by atoms with Gasteiger partial charge in [0, 0.05) is 36.7 Å². The van der Waals surface area contributed by atoms with Gasteiger partial charge < -0.3 is 10.2 Å². The molecule has 3 aromatic rings. The van der Waals surface area contributed by atoms with Gasteiger partial charge in [0.15, 0.2) is 0 Å². The summed E-state index contributed by atoms with van der Waals surface area (Å²) in [7, 11) is 0. The van der Waals surface area contributed by atoms with E-state index in [-0.39, 0.29) is 11.5 Å². The van der Waals surface area contributed by atoms with Crippen molar-refractivity contribution >= 4 is 23.2 Å². The van der Waals surface area contributed by atoms with Crippen molar-refractivity contribution in [3.05, 3.63) is 82.0 Å². The van der Waals surface area contributed by atoms with Crippen LogP contribution in [0.5, 0.6) is 0 Å². The third kappa shape index (κ3) is 3.61. The number of nitrogens with one attached hydrogen (secondary N) is 1. The first-order valence-electron chi connectivity index (χ1n) is 9.81. The Balaban J connectivity index is 1.67. The molecule has 152 valence electrons. The number of amides is 2. The molecule has 1 aliphatic rings. The van der Waals surface area contributed by atoms with Gasteiger partial charge in [-0.25, -0.2) is 0 Å². The Bertz CT molecular complexity index is 1180. The SMILES string of the molecule is Cc1ccc(NC(=O)c2c(C)ccn(-c3cccnc3)c2=O)cc1N1CCCC1=O. The summed E-state index contributed by atoms with van der Waals surface area (Å²) in [6, 6.07) is 10.6. The van der Waals surface area contributed by atoms with Crippen LogP contribution < -0.4 is 15.8 Å². The molecular formula is C23H22N4O3. The van der Waals surface area contributed by atoms with E-state index >= 15 is 0 Å². The smallest absolute Gasteiger partial charge is 0.268 e. The molecular weight excluding hydrogens is 380 g/mol. The number of hydrogen-bond acceptors (Lipinski definition) is 4. The maximum atomic E-state index is 13.0. The van der Waals surface area contributed by atoms with E-state index in [9.17, 15) is 14.4 Å². The van der Waals surface area contributed by atoms with E-state index in [0.717, 1.165) is 17.7 Å². The molecule has 2 aromatic heterocycles. The van der Waals surface area contributed by atoms with Gasteiger partial charge >= 0.3 is 0 Å². The lowest BCUT2D eigenvalue weighted by Gasteiger charge is -2.19. The van der Waals surface area contributed by atoms with Gasteiger partial charge in [-0.2, -0.15) is 0 Å². The highest BCUT2D eigenvalue weighted by Gasteiger charge is 2.24. The van der Waals surface area contributed by atoms with Gasteiger partial charge in [0.25, 0.3) is 11.5 Å². The largest absolute Gasteiger partial charge is 0.322 e. The average Bonchev–Trinajstić information content (AvgIpc) is 3.16. The maximum Gasteiger partial charge on any atom is 0.268 e. The monoisotopic (exact) mass is 402 g/mol. The van der Waals surface area contributed by atoms with Crippen LogP contribution >= 0.6 is 0 Å². The number of nitrogens with zero attached hydrogens (tertiary/aromatic N) is 3. The molecule has 7 nitrogen and oxygen atoms in total. The second kappa shape index (κ2) is 7.94. The highest BCUT2D eigenvalue weighted by Crippen LogP contribution is 2.28. The molecule has 0 unspecified atom stereocenters. The molecule has 1 aliphatic heterocycles. The topological polar surface area (TPSA) is 84.3 Å². The minimum Gasteiger partial charge on any atom is -0.322 e. The molecule has 0 atom stereocenters. The van der Waals surface area contributed by atoms with E-state index in [0.29, 0.717) is 29.9 Å². The Morgan fingerprint density at radius 1 is 1.10 bits per heavy atom. The molecule has 0 saturated carbocycles. The molecule has 3 heterocycles. The van der Waals surface area contributed by atoms with E-state index in [1.165, 1.54) is 4.57 Å². The zero-order chi connectivity index (χ0) is 21.3. The molecule has 1 N–H and O–H groups in total. The summed E-state index contributed by atoms with van der Waals surface area (Å²) in [5.41, 5.74) is 3.10. The van der Waals surface area contributed by atoms with Crippen molar-refractivity contribution in [1.82, 2.24) is 9.55 Å². The van der Waals surface area contributed by atoms with Crippen molar-refractivity contribution in [3.63, 3.8) is 0 Å². The van der Waals surface area contributed by atoms with E-state index in [1.54, 1.807) is 60.7 Å². The van der Waals surface area contributed by atoms with Crippen molar-refractivity contribution in [3.8, 4) is 5.69 Å². The predicted molar refractivity (Wildman–Crippen MR) is 115 cm³/mol. The van der Waals surface area contributed by atoms with Crippen LogP contribution in [-0.4, -0.2) is 27.9 Å². The van der Waals surface area contributed by atoms with Gasteiger partial charge in [-0.15, -0.1) is 0 Å². The Morgan fingerprint density at radius 3 is 2.63 bits per heavy atom. The molecule has 7 heteroatoms. The number of carbonyl (C=O) groups is 2. The number of rotatable bonds is 4. The van der Waals surface area contributed by atoms with Crippen LogP contribution in [0.1, 0.15) is 34.3 Å². The number of aryl methyl sites for hydroxylation is 2. The van der Waals surface area contributed by atoms with E-state index in [2.05, 4.69) is 10.3 Å². The number of anilines is 2. The third-order valence-corrected chi connectivity index (χ3v) is 5.28. The highest BCUT2D eigenvalue weighted by molar-refractivity contribution is 6.05. The van der Waals surface area contributed by atoms with Gasteiger partial charge in [0.1, 0.15) is 5.56 Å². The van der Waals surface area contributed by atoms with Gasteiger partial charge in [-0.05, 0) is 61.7 Å². The Labute approximate surface area is 174 Å². The number of hydrogen-bond donors (Lipinski definition) is 1. The van der Waals surface area contributed by atoms with Gasteiger partial charge in [-0.3, -0.25) is 23.9 Å². The van der Waals surface area contributed by atoms with Crippen molar-refractivity contribution in [2.45, 2.75) is 26.7 Å². The number of benzene rings is 1. The first-order valence-corrected chi connectivity index (χ1v) is 9.81. The minimum absolute atomic E-state index is 0.0701. The zero-order valence-electron chi connectivity index (χ0n) is 16.9. The molecule has 1 saturated heterocycles. The normalized spacial score (nSPS) is 13.5. The molecule has 1 aromatic carbocycles. The number of pyridine rings is 2. The van der Waals surface area contributed by atoms with E-state index in [4.69, 9.17) is 0 Å².